The summed E-state index contributed by atoms with van der Waals surface area (Å²) in [5.74, 6) is -2.04. The molecule has 2 amide bonds. The Morgan fingerprint density at radius 1 is 0.964 bits per heavy atom. The second kappa shape index (κ2) is 17.1. The van der Waals surface area contributed by atoms with Crippen molar-refractivity contribution in [2.24, 2.45) is 5.92 Å². The van der Waals surface area contributed by atoms with Gasteiger partial charge in [-0.25, -0.2) is 4.39 Å². The van der Waals surface area contributed by atoms with Gasteiger partial charge in [0.15, 0.2) is 5.75 Å². The van der Waals surface area contributed by atoms with E-state index < -0.39 is 53.3 Å². The molecule has 0 aliphatic carbocycles. The molecule has 0 bridgehead atoms. The van der Waals surface area contributed by atoms with Crippen LogP contribution in [0.5, 0.6) is 11.5 Å². The van der Waals surface area contributed by atoms with Crippen molar-refractivity contribution in [3.8, 4) is 11.5 Å². The van der Waals surface area contributed by atoms with Gasteiger partial charge in [-0.3, -0.25) is 14.5 Å². The standard InChI is InChI=1S/C40H40F7N3O5/c1-24-19-50(25(2)22-51)38(53)31-5-4-6-34(48-36(52)18-26-7-12-29(13-8-26)39(42,43)44)37(31)55-35(24)21-49(3)20-27-9-14-30(15-10-27)54-23-28-11-16-33(41)32(17-28)40(45,46)47/h4-17,24-25,35,51H,18-23H2,1-3H3,(H,48,52)/t24-,25+,35-/m1/s1. The van der Waals surface area contributed by atoms with Gasteiger partial charge in [0.05, 0.1) is 41.4 Å². The van der Waals surface area contributed by atoms with E-state index in [1.807, 2.05) is 18.9 Å². The number of nitrogens with zero attached hydrogens (tertiary/aromatic N) is 2. The van der Waals surface area contributed by atoms with E-state index in [0.29, 0.717) is 24.4 Å². The molecule has 0 radical (unpaired) electrons. The molecule has 3 atom stereocenters. The van der Waals surface area contributed by atoms with Crippen molar-refractivity contribution < 1.29 is 54.9 Å². The molecule has 55 heavy (non-hydrogen) atoms. The van der Waals surface area contributed by atoms with E-state index in [4.69, 9.17) is 9.47 Å². The maximum atomic E-state index is 13.8. The van der Waals surface area contributed by atoms with Crippen molar-refractivity contribution in [3.63, 3.8) is 0 Å². The number of likely N-dealkylation sites (N-methyl/N-ethyl adjacent to an activating group) is 1. The van der Waals surface area contributed by atoms with Gasteiger partial charge in [-0.05, 0) is 79.2 Å². The summed E-state index contributed by atoms with van der Waals surface area (Å²) in [6.45, 7) is 4.19. The minimum atomic E-state index is -4.83. The van der Waals surface area contributed by atoms with Gasteiger partial charge in [0, 0.05) is 25.6 Å². The Bertz CT molecular complexity index is 1950. The van der Waals surface area contributed by atoms with Crippen LogP contribution in [0.3, 0.4) is 0 Å². The van der Waals surface area contributed by atoms with Crippen LogP contribution >= 0.6 is 0 Å². The number of para-hydroxylation sites is 1. The number of carbonyl (C=O) groups is 2. The molecule has 0 saturated carbocycles. The van der Waals surface area contributed by atoms with Crippen LogP contribution in [0.15, 0.2) is 84.9 Å². The number of benzene rings is 4. The molecule has 15 heteroatoms. The first-order valence-corrected chi connectivity index (χ1v) is 17.4. The van der Waals surface area contributed by atoms with Crippen molar-refractivity contribution in [3.05, 3.63) is 124 Å². The van der Waals surface area contributed by atoms with E-state index in [0.717, 1.165) is 29.8 Å². The molecule has 294 valence electrons. The number of halogens is 7. The third-order valence-corrected chi connectivity index (χ3v) is 9.22. The van der Waals surface area contributed by atoms with Crippen LogP contribution < -0.4 is 14.8 Å². The van der Waals surface area contributed by atoms with Gasteiger partial charge in [0.25, 0.3) is 5.91 Å². The number of hydrogen-bond donors (Lipinski definition) is 2. The Morgan fingerprint density at radius 2 is 1.62 bits per heavy atom. The SMILES string of the molecule is C[C@@H]1CN([C@@H](C)CO)C(=O)c2cccc(NC(=O)Cc3ccc(C(F)(F)F)cc3)c2O[C@@H]1CN(C)Cc1ccc(OCc2ccc(F)c(C(F)(F)F)c2)cc1. The summed E-state index contributed by atoms with van der Waals surface area (Å²) < 4.78 is 104. The molecule has 8 nitrogen and oxygen atoms in total. The number of ether oxygens (including phenoxy) is 2. The molecule has 0 saturated heterocycles. The number of carbonyl (C=O) groups excluding carboxylic acids is 2. The molecule has 0 aromatic heterocycles. The summed E-state index contributed by atoms with van der Waals surface area (Å²) >= 11 is 0. The lowest BCUT2D eigenvalue weighted by Crippen LogP contribution is -2.49. The lowest BCUT2D eigenvalue weighted by molar-refractivity contribution is -0.140. The number of rotatable bonds is 12. The molecule has 5 rings (SSSR count). The molecular weight excluding hydrogens is 735 g/mol. The fraction of sp³-hybridized carbons (Fsp3) is 0.350. The van der Waals surface area contributed by atoms with Gasteiger partial charge in [0.1, 0.15) is 24.3 Å². The number of aliphatic hydroxyl groups is 1. The van der Waals surface area contributed by atoms with Gasteiger partial charge < -0.3 is 24.8 Å². The fourth-order valence-electron chi connectivity index (χ4n) is 6.17. The van der Waals surface area contributed by atoms with Gasteiger partial charge >= 0.3 is 12.4 Å². The Balaban J connectivity index is 1.29. The lowest BCUT2D eigenvalue weighted by atomic mass is 9.98. The molecule has 0 unspecified atom stereocenters. The highest BCUT2D eigenvalue weighted by atomic mass is 19.4. The van der Waals surface area contributed by atoms with Crippen molar-refractivity contribution in [2.75, 3.05) is 32.1 Å². The van der Waals surface area contributed by atoms with E-state index in [1.54, 1.807) is 54.3 Å². The highest BCUT2D eigenvalue weighted by Crippen LogP contribution is 2.36. The van der Waals surface area contributed by atoms with E-state index in [9.17, 15) is 45.4 Å². The fourth-order valence-corrected chi connectivity index (χ4v) is 6.17. The largest absolute Gasteiger partial charge is 0.489 e. The number of hydrogen-bond acceptors (Lipinski definition) is 6. The number of amides is 2. The van der Waals surface area contributed by atoms with Crippen LogP contribution in [0, 0.1) is 11.7 Å². The quantitative estimate of drug-likeness (QED) is 0.142. The predicted octanol–water partition coefficient (Wildman–Crippen LogP) is 7.98. The van der Waals surface area contributed by atoms with E-state index in [2.05, 4.69) is 5.32 Å². The molecule has 1 aliphatic heterocycles. The molecular formula is C40H40F7N3O5. The number of alkyl halides is 6. The number of anilines is 1. The topological polar surface area (TPSA) is 91.3 Å². The summed E-state index contributed by atoms with van der Waals surface area (Å²) in [5.41, 5.74) is -0.454. The van der Waals surface area contributed by atoms with Crippen molar-refractivity contribution in [1.82, 2.24) is 9.80 Å². The van der Waals surface area contributed by atoms with Crippen LogP contribution in [0.1, 0.15) is 52.0 Å². The second-order valence-electron chi connectivity index (χ2n) is 13.7. The summed E-state index contributed by atoms with van der Waals surface area (Å²) in [5, 5.41) is 12.8. The number of fused-ring (bicyclic) bond motifs is 1. The Morgan fingerprint density at radius 3 is 2.25 bits per heavy atom. The zero-order chi connectivity index (χ0) is 40.1. The minimum Gasteiger partial charge on any atom is -0.489 e. The molecule has 0 spiro atoms. The Hall–Kier alpha value is -5.15. The highest BCUT2D eigenvalue weighted by molar-refractivity contribution is 6.02. The summed E-state index contributed by atoms with van der Waals surface area (Å²) in [4.78, 5) is 30.5. The smallest absolute Gasteiger partial charge is 0.419 e. The normalized spacial score (nSPS) is 16.9. The monoisotopic (exact) mass is 775 g/mol. The predicted molar refractivity (Wildman–Crippen MR) is 190 cm³/mol. The lowest BCUT2D eigenvalue weighted by Gasteiger charge is -2.38. The summed E-state index contributed by atoms with van der Waals surface area (Å²) in [6.07, 6.45) is -10.1. The van der Waals surface area contributed by atoms with Crippen LogP contribution in [0.4, 0.5) is 36.4 Å². The first-order valence-electron chi connectivity index (χ1n) is 17.4. The maximum absolute atomic E-state index is 13.8. The molecule has 1 aliphatic rings. The van der Waals surface area contributed by atoms with Crippen molar-refractivity contribution >= 4 is 17.5 Å². The van der Waals surface area contributed by atoms with Crippen molar-refractivity contribution in [1.29, 1.82) is 0 Å². The third-order valence-electron chi connectivity index (χ3n) is 9.22. The number of nitrogens with one attached hydrogen (secondary N) is 1. The molecule has 4 aromatic carbocycles. The number of aliphatic hydroxyl groups excluding tert-OH is 1. The first kappa shape index (κ1) is 41.0. The maximum Gasteiger partial charge on any atom is 0.419 e. The van der Waals surface area contributed by atoms with Gasteiger partial charge in [-0.1, -0.05) is 43.3 Å². The zero-order valence-electron chi connectivity index (χ0n) is 30.2. The molecule has 0 fully saturated rings. The third kappa shape index (κ3) is 10.5. The van der Waals surface area contributed by atoms with E-state index in [-0.39, 0.29) is 54.7 Å². The van der Waals surface area contributed by atoms with Crippen LogP contribution in [-0.4, -0.2) is 65.6 Å². The van der Waals surface area contributed by atoms with Crippen molar-refractivity contribution in [2.45, 2.75) is 57.9 Å². The van der Waals surface area contributed by atoms with Gasteiger partial charge in [0.2, 0.25) is 5.91 Å². The first-order chi connectivity index (χ1) is 25.9. The Kier molecular flexibility index (Phi) is 12.8. The van der Waals surface area contributed by atoms with E-state index >= 15 is 0 Å². The van der Waals surface area contributed by atoms with Crippen LogP contribution in [-0.2, 0) is 36.7 Å². The van der Waals surface area contributed by atoms with Crippen LogP contribution in [0.2, 0.25) is 0 Å². The summed E-state index contributed by atoms with van der Waals surface area (Å²) in [7, 11) is 1.87. The molecule has 4 aromatic rings. The highest BCUT2D eigenvalue weighted by Gasteiger charge is 2.36. The average Bonchev–Trinajstić information content (AvgIpc) is 3.12. The Labute approximate surface area is 313 Å². The average molecular weight is 776 g/mol. The van der Waals surface area contributed by atoms with E-state index in [1.165, 1.54) is 18.2 Å². The summed E-state index contributed by atoms with van der Waals surface area (Å²) in [6, 6.07) is 18.1. The zero-order valence-corrected chi connectivity index (χ0v) is 30.2. The minimum absolute atomic E-state index is 0.123. The molecule has 1 heterocycles. The molecule has 2 N–H and O–H groups in total. The van der Waals surface area contributed by atoms with Gasteiger partial charge in [-0.15, -0.1) is 0 Å². The second-order valence-corrected chi connectivity index (χ2v) is 13.7. The van der Waals surface area contributed by atoms with Crippen LogP contribution in [0.25, 0.3) is 0 Å². The van der Waals surface area contributed by atoms with Gasteiger partial charge in [-0.2, -0.15) is 26.3 Å².